The third-order valence-electron chi connectivity index (χ3n) is 4.24. The fraction of sp³-hybridized carbons (Fsp3) is 0.250. The number of allylic oxidation sites excluding steroid dienone is 1. The number of carbonyl (C=O) groups is 1. The van der Waals surface area contributed by atoms with Crippen LogP contribution >= 0.6 is 27.7 Å². The lowest BCUT2D eigenvalue weighted by atomic mass is 10.2. The molecule has 3 aromatic rings. The van der Waals surface area contributed by atoms with Gasteiger partial charge in [-0.15, -0.1) is 16.8 Å². The lowest BCUT2D eigenvalue weighted by Crippen LogP contribution is -2.28. The molecule has 1 amide bonds. The highest BCUT2D eigenvalue weighted by Crippen LogP contribution is 2.27. The second-order valence-corrected chi connectivity index (χ2v) is 8.02. The van der Waals surface area contributed by atoms with E-state index < -0.39 is 0 Å². The lowest BCUT2D eigenvalue weighted by Gasteiger charge is -2.18. The summed E-state index contributed by atoms with van der Waals surface area (Å²) in [5, 5.41) is 9.24. The smallest absolute Gasteiger partial charge is 0.233 e. The largest absolute Gasteiger partial charge is 0.469 e. The van der Waals surface area contributed by atoms with Gasteiger partial charge in [0.15, 0.2) is 11.0 Å². The van der Waals surface area contributed by atoms with E-state index in [0.29, 0.717) is 24.1 Å². The third kappa shape index (κ3) is 4.56. The summed E-state index contributed by atoms with van der Waals surface area (Å²) >= 11 is 4.89. The molecule has 0 radical (unpaired) electrons. The van der Waals surface area contributed by atoms with Gasteiger partial charge in [0, 0.05) is 24.6 Å². The summed E-state index contributed by atoms with van der Waals surface area (Å²) in [4.78, 5) is 14.3. The minimum atomic E-state index is 0.0231. The Labute approximate surface area is 176 Å². The van der Waals surface area contributed by atoms with Gasteiger partial charge in [-0.25, -0.2) is 0 Å². The number of hydrogen-bond donors (Lipinski definition) is 0. The van der Waals surface area contributed by atoms with Gasteiger partial charge in [0.2, 0.25) is 5.91 Å². The number of amides is 1. The number of carbonyl (C=O) groups excluding carboxylic acids is 1. The minimum absolute atomic E-state index is 0.0231. The standard InChI is InChI=1S/C20H21BrN4O2S/c1-4-10-25-19(16-9-11-27-14(16)2)22-23-20(25)28-13-18(26)24(3)12-15-7-5-6-8-17(15)21/h4-9,11H,1,10,12-13H2,2-3H3. The molecule has 0 bridgehead atoms. The van der Waals surface area contributed by atoms with Crippen LogP contribution in [0.5, 0.6) is 0 Å². The van der Waals surface area contributed by atoms with E-state index in [-0.39, 0.29) is 11.7 Å². The zero-order valence-corrected chi connectivity index (χ0v) is 18.2. The van der Waals surface area contributed by atoms with Gasteiger partial charge >= 0.3 is 0 Å². The number of halogens is 1. The van der Waals surface area contributed by atoms with Crippen molar-refractivity contribution in [3.8, 4) is 11.4 Å². The van der Waals surface area contributed by atoms with E-state index in [2.05, 4.69) is 32.7 Å². The average molecular weight is 461 g/mol. The van der Waals surface area contributed by atoms with Crippen LogP contribution in [-0.2, 0) is 17.9 Å². The third-order valence-corrected chi connectivity index (χ3v) is 5.97. The molecule has 146 valence electrons. The van der Waals surface area contributed by atoms with Crippen LogP contribution in [-0.4, -0.2) is 38.4 Å². The summed E-state index contributed by atoms with van der Waals surface area (Å²) in [6.45, 7) is 6.79. The maximum Gasteiger partial charge on any atom is 0.233 e. The molecule has 8 heteroatoms. The van der Waals surface area contributed by atoms with Crippen LogP contribution in [0.25, 0.3) is 11.4 Å². The van der Waals surface area contributed by atoms with E-state index in [0.717, 1.165) is 21.4 Å². The molecule has 0 unspecified atom stereocenters. The zero-order valence-electron chi connectivity index (χ0n) is 15.8. The molecule has 0 aliphatic rings. The number of furan rings is 1. The first kappa shape index (κ1) is 20.4. The van der Waals surface area contributed by atoms with Crippen molar-refractivity contribution in [1.82, 2.24) is 19.7 Å². The molecule has 1 aromatic carbocycles. The molecular weight excluding hydrogens is 440 g/mol. The molecule has 0 aliphatic heterocycles. The summed E-state index contributed by atoms with van der Waals surface area (Å²) in [5.41, 5.74) is 1.95. The SMILES string of the molecule is C=CCn1c(SCC(=O)N(C)Cc2ccccc2Br)nnc1-c1ccoc1C. The van der Waals surface area contributed by atoms with E-state index in [1.165, 1.54) is 11.8 Å². The van der Waals surface area contributed by atoms with Gasteiger partial charge in [-0.05, 0) is 24.6 Å². The summed E-state index contributed by atoms with van der Waals surface area (Å²) in [7, 11) is 1.80. The number of rotatable bonds is 8. The number of nitrogens with zero attached hydrogens (tertiary/aromatic N) is 4. The van der Waals surface area contributed by atoms with Crippen molar-refractivity contribution in [3.63, 3.8) is 0 Å². The minimum Gasteiger partial charge on any atom is -0.469 e. The summed E-state index contributed by atoms with van der Waals surface area (Å²) < 4.78 is 8.31. The Bertz CT molecular complexity index is 982. The van der Waals surface area contributed by atoms with E-state index in [1.807, 2.05) is 41.8 Å². The van der Waals surface area contributed by atoms with Crippen molar-refractivity contribution in [2.45, 2.75) is 25.2 Å². The van der Waals surface area contributed by atoms with Crippen molar-refractivity contribution in [3.05, 3.63) is 65.0 Å². The first-order valence-electron chi connectivity index (χ1n) is 8.70. The number of thioether (sulfide) groups is 1. The monoisotopic (exact) mass is 460 g/mol. The first-order valence-corrected chi connectivity index (χ1v) is 10.5. The molecular formula is C20H21BrN4O2S. The molecule has 0 aliphatic carbocycles. The Kier molecular flexibility index (Phi) is 6.74. The number of benzene rings is 1. The van der Waals surface area contributed by atoms with E-state index in [9.17, 15) is 4.79 Å². The predicted molar refractivity (Wildman–Crippen MR) is 114 cm³/mol. The van der Waals surface area contributed by atoms with Gasteiger partial charge in [0.05, 0.1) is 17.6 Å². The second kappa shape index (κ2) is 9.25. The van der Waals surface area contributed by atoms with Crippen LogP contribution < -0.4 is 0 Å². The molecule has 3 rings (SSSR count). The number of aromatic nitrogens is 3. The van der Waals surface area contributed by atoms with Crippen LogP contribution in [0.3, 0.4) is 0 Å². The molecule has 6 nitrogen and oxygen atoms in total. The summed E-state index contributed by atoms with van der Waals surface area (Å²) in [6, 6.07) is 9.76. The number of aryl methyl sites for hydroxylation is 1. The first-order chi connectivity index (χ1) is 13.5. The topological polar surface area (TPSA) is 64.2 Å². The van der Waals surface area contributed by atoms with Crippen LogP contribution in [0.4, 0.5) is 0 Å². The molecule has 2 heterocycles. The van der Waals surface area contributed by atoms with Gasteiger partial charge in [0.25, 0.3) is 0 Å². The van der Waals surface area contributed by atoms with Crippen molar-refractivity contribution < 1.29 is 9.21 Å². The van der Waals surface area contributed by atoms with Crippen molar-refractivity contribution in [2.75, 3.05) is 12.8 Å². The highest BCUT2D eigenvalue weighted by Gasteiger charge is 2.18. The van der Waals surface area contributed by atoms with Gasteiger partial charge in [-0.2, -0.15) is 0 Å². The van der Waals surface area contributed by atoms with E-state index in [1.54, 1.807) is 24.3 Å². The maximum atomic E-state index is 12.6. The van der Waals surface area contributed by atoms with Crippen molar-refractivity contribution in [2.24, 2.45) is 0 Å². The van der Waals surface area contributed by atoms with Gasteiger partial charge in [0.1, 0.15) is 5.76 Å². The van der Waals surface area contributed by atoms with Crippen LogP contribution in [0.1, 0.15) is 11.3 Å². The molecule has 0 atom stereocenters. The van der Waals surface area contributed by atoms with E-state index >= 15 is 0 Å². The van der Waals surface area contributed by atoms with Gasteiger partial charge < -0.3 is 9.32 Å². The fourth-order valence-electron chi connectivity index (χ4n) is 2.71. The molecule has 0 fully saturated rings. The fourth-order valence-corrected chi connectivity index (χ4v) is 4.01. The average Bonchev–Trinajstić information content (AvgIpc) is 3.27. The Hall–Kier alpha value is -2.32. The molecule has 2 aromatic heterocycles. The van der Waals surface area contributed by atoms with Gasteiger partial charge in [-0.3, -0.25) is 9.36 Å². The molecule has 28 heavy (non-hydrogen) atoms. The molecule has 0 saturated carbocycles. The Balaban J connectivity index is 1.69. The van der Waals surface area contributed by atoms with Crippen LogP contribution in [0, 0.1) is 6.92 Å². The second-order valence-electron chi connectivity index (χ2n) is 6.23. The Morgan fingerprint density at radius 2 is 2.14 bits per heavy atom. The normalized spacial score (nSPS) is 10.8. The predicted octanol–water partition coefficient (Wildman–Crippen LogP) is 4.55. The lowest BCUT2D eigenvalue weighted by molar-refractivity contribution is -0.127. The van der Waals surface area contributed by atoms with Gasteiger partial charge in [-0.1, -0.05) is 52.0 Å². The summed E-state index contributed by atoms with van der Waals surface area (Å²) in [6.07, 6.45) is 3.41. The zero-order chi connectivity index (χ0) is 20.1. The summed E-state index contributed by atoms with van der Waals surface area (Å²) in [5.74, 6) is 1.79. The van der Waals surface area contributed by atoms with Crippen molar-refractivity contribution >= 4 is 33.6 Å². The quantitative estimate of drug-likeness (QED) is 0.364. The van der Waals surface area contributed by atoms with E-state index in [4.69, 9.17) is 4.42 Å². The molecule has 0 spiro atoms. The Morgan fingerprint density at radius 1 is 1.36 bits per heavy atom. The Morgan fingerprint density at radius 3 is 2.82 bits per heavy atom. The van der Waals surface area contributed by atoms with Crippen LogP contribution in [0.15, 0.2) is 63.3 Å². The number of hydrogen-bond acceptors (Lipinski definition) is 5. The van der Waals surface area contributed by atoms with Crippen molar-refractivity contribution in [1.29, 1.82) is 0 Å². The molecule has 0 N–H and O–H groups in total. The molecule has 0 saturated heterocycles. The highest BCUT2D eigenvalue weighted by atomic mass is 79.9. The maximum absolute atomic E-state index is 12.6. The highest BCUT2D eigenvalue weighted by molar-refractivity contribution is 9.10. The van der Waals surface area contributed by atoms with Crippen LogP contribution in [0.2, 0.25) is 0 Å².